The number of aryl methyl sites for hydroxylation is 1. The standard InChI is InChI=1S/C14H16N6O5/c1-4-25-11-6-9(5-10(20(22)23)12(11)24-3)7-15-18-14-16-13(21)8(2)17-19-14/h5-7H,4H2,1-3H3,(H2,16,18,19,21)/b15-7+. The molecule has 1 aromatic carbocycles. The monoisotopic (exact) mass is 348 g/mol. The molecule has 1 aromatic heterocycles. The molecule has 0 bridgehead atoms. The summed E-state index contributed by atoms with van der Waals surface area (Å²) in [6.07, 6.45) is 1.31. The molecule has 0 radical (unpaired) electrons. The van der Waals surface area contributed by atoms with Crippen LogP contribution >= 0.6 is 0 Å². The molecule has 25 heavy (non-hydrogen) atoms. The molecule has 0 aliphatic heterocycles. The van der Waals surface area contributed by atoms with Crippen LogP contribution in [0.1, 0.15) is 18.2 Å². The second-order valence-electron chi connectivity index (χ2n) is 4.72. The summed E-state index contributed by atoms with van der Waals surface area (Å²) in [5, 5.41) is 22.4. The molecule has 0 amide bonds. The molecule has 11 heteroatoms. The van der Waals surface area contributed by atoms with Crippen LogP contribution in [0, 0.1) is 17.0 Å². The first kappa shape index (κ1) is 17.8. The molecular weight excluding hydrogens is 332 g/mol. The first-order valence-electron chi connectivity index (χ1n) is 7.18. The number of ether oxygens (including phenoxy) is 2. The van der Waals surface area contributed by atoms with E-state index in [1.54, 1.807) is 13.0 Å². The maximum absolute atomic E-state index is 11.4. The predicted octanol–water partition coefficient (Wildman–Crippen LogP) is 1.23. The summed E-state index contributed by atoms with van der Waals surface area (Å²) in [6.45, 7) is 3.58. The van der Waals surface area contributed by atoms with E-state index in [0.717, 1.165) is 0 Å². The predicted molar refractivity (Wildman–Crippen MR) is 89.4 cm³/mol. The van der Waals surface area contributed by atoms with Gasteiger partial charge in [-0.25, -0.2) is 5.43 Å². The van der Waals surface area contributed by atoms with Gasteiger partial charge in [-0.1, -0.05) is 0 Å². The molecule has 0 saturated carbocycles. The molecular formula is C14H16N6O5. The fraction of sp³-hybridized carbons (Fsp3) is 0.286. The molecule has 2 rings (SSSR count). The lowest BCUT2D eigenvalue weighted by atomic mass is 10.2. The summed E-state index contributed by atoms with van der Waals surface area (Å²) in [5.41, 5.74) is 2.46. The molecule has 0 fully saturated rings. The van der Waals surface area contributed by atoms with Crippen molar-refractivity contribution in [3.8, 4) is 11.5 Å². The number of H-pyrrole nitrogens is 1. The largest absolute Gasteiger partial charge is 0.490 e. The Morgan fingerprint density at radius 3 is 2.80 bits per heavy atom. The van der Waals surface area contributed by atoms with E-state index in [9.17, 15) is 14.9 Å². The van der Waals surface area contributed by atoms with Crippen LogP contribution in [0.3, 0.4) is 0 Å². The number of hydrogen-bond donors (Lipinski definition) is 2. The van der Waals surface area contributed by atoms with E-state index in [1.807, 2.05) is 0 Å². The van der Waals surface area contributed by atoms with E-state index < -0.39 is 10.5 Å². The number of nitro groups is 1. The topological polar surface area (TPSA) is 145 Å². The molecule has 0 aliphatic rings. The van der Waals surface area contributed by atoms with Crippen LogP contribution in [0.5, 0.6) is 11.5 Å². The minimum Gasteiger partial charge on any atom is -0.490 e. The van der Waals surface area contributed by atoms with Crippen molar-refractivity contribution in [3.05, 3.63) is 43.9 Å². The van der Waals surface area contributed by atoms with Crippen LogP contribution in [-0.4, -0.2) is 40.0 Å². The normalized spacial score (nSPS) is 10.7. The number of nitrogens with one attached hydrogen (secondary N) is 2. The van der Waals surface area contributed by atoms with E-state index >= 15 is 0 Å². The molecule has 0 spiro atoms. The first-order chi connectivity index (χ1) is 12.0. The Kier molecular flexibility index (Phi) is 5.61. The van der Waals surface area contributed by atoms with E-state index in [4.69, 9.17) is 9.47 Å². The number of rotatable bonds is 7. The van der Waals surface area contributed by atoms with Crippen molar-refractivity contribution in [2.24, 2.45) is 5.10 Å². The zero-order valence-electron chi connectivity index (χ0n) is 13.8. The van der Waals surface area contributed by atoms with Crippen molar-refractivity contribution in [2.75, 3.05) is 19.1 Å². The number of nitro benzene ring substituents is 1. The van der Waals surface area contributed by atoms with Crippen molar-refractivity contribution in [3.63, 3.8) is 0 Å². The highest BCUT2D eigenvalue weighted by molar-refractivity contribution is 5.83. The Bertz CT molecular complexity index is 863. The first-order valence-corrected chi connectivity index (χ1v) is 7.18. The van der Waals surface area contributed by atoms with Gasteiger partial charge in [0, 0.05) is 11.6 Å². The molecule has 0 atom stereocenters. The average Bonchev–Trinajstić information content (AvgIpc) is 2.58. The van der Waals surface area contributed by atoms with Crippen molar-refractivity contribution in [1.29, 1.82) is 0 Å². The molecule has 0 unspecified atom stereocenters. The van der Waals surface area contributed by atoms with Crippen molar-refractivity contribution >= 4 is 17.9 Å². The van der Waals surface area contributed by atoms with Crippen molar-refractivity contribution < 1.29 is 14.4 Å². The quantitative estimate of drug-likeness (QED) is 0.432. The Morgan fingerprint density at radius 2 is 2.20 bits per heavy atom. The SMILES string of the molecule is CCOc1cc(/C=N/Nc2nnc(C)c(=O)[nH]2)cc([N+](=O)[O-])c1OC. The number of aromatic amines is 1. The summed E-state index contributed by atoms with van der Waals surface area (Å²) in [4.78, 5) is 24.5. The van der Waals surface area contributed by atoms with Gasteiger partial charge in [-0.3, -0.25) is 19.9 Å². The average molecular weight is 348 g/mol. The molecule has 0 saturated heterocycles. The molecule has 0 aliphatic carbocycles. The third-order valence-electron chi connectivity index (χ3n) is 3.00. The number of benzene rings is 1. The van der Waals surface area contributed by atoms with Gasteiger partial charge < -0.3 is 9.47 Å². The number of methoxy groups -OCH3 is 1. The second-order valence-corrected chi connectivity index (χ2v) is 4.72. The number of nitrogens with zero attached hydrogens (tertiary/aromatic N) is 4. The maximum Gasteiger partial charge on any atom is 0.315 e. The smallest absolute Gasteiger partial charge is 0.315 e. The number of hydrazone groups is 1. The van der Waals surface area contributed by atoms with Gasteiger partial charge in [0.1, 0.15) is 5.69 Å². The summed E-state index contributed by atoms with van der Waals surface area (Å²) >= 11 is 0. The van der Waals surface area contributed by atoms with E-state index in [-0.39, 0.29) is 28.8 Å². The zero-order chi connectivity index (χ0) is 18.4. The van der Waals surface area contributed by atoms with Crippen LogP contribution in [0.25, 0.3) is 0 Å². The zero-order valence-corrected chi connectivity index (χ0v) is 13.8. The van der Waals surface area contributed by atoms with Crippen molar-refractivity contribution in [1.82, 2.24) is 15.2 Å². The van der Waals surface area contributed by atoms with Gasteiger partial charge >= 0.3 is 5.69 Å². The van der Waals surface area contributed by atoms with E-state index in [2.05, 4.69) is 25.7 Å². The molecule has 132 valence electrons. The third kappa shape index (κ3) is 4.28. The lowest BCUT2D eigenvalue weighted by Gasteiger charge is -2.10. The van der Waals surface area contributed by atoms with Gasteiger partial charge in [0.25, 0.3) is 5.56 Å². The lowest BCUT2D eigenvalue weighted by molar-refractivity contribution is -0.385. The summed E-state index contributed by atoms with van der Waals surface area (Å²) in [7, 11) is 1.33. The van der Waals surface area contributed by atoms with Gasteiger partial charge in [0.2, 0.25) is 11.7 Å². The maximum atomic E-state index is 11.4. The third-order valence-corrected chi connectivity index (χ3v) is 3.00. The Balaban J connectivity index is 2.29. The highest BCUT2D eigenvalue weighted by Crippen LogP contribution is 2.37. The molecule has 11 nitrogen and oxygen atoms in total. The van der Waals surface area contributed by atoms with Crippen molar-refractivity contribution in [2.45, 2.75) is 13.8 Å². The number of hydrogen-bond acceptors (Lipinski definition) is 9. The van der Waals surface area contributed by atoms with Gasteiger partial charge in [0.15, 0.2) is 5.75 Å². The molecule has 2 aromatic rings. The van der Waals surface area contributed by atoms with Crippen LogP contribution in [0.15, 0.2) is 22.0 Å². The van der Waals surface area contributed by atoms with Gasteiger partial charge in [0.05, 0.1) is 24.9 Å². The Labute approximate surface area is 141 Å². The van der Waals surface area contributed by atoms with Crippen LogP contribution in [-0.2, 0) is 0 Å². The van der Waals surface area contributed by atoms with Crippen LogP contribution in [0.4, 0.5) is 11.6 Å². The van der Waals surface area contributed by atoms with E-state index in [0.29, 0.717) is 12.2 Å². The highest BCUT2D eigenvalue weighted by atomic mass is 16.6. The molecule has 2 N–H and O–H groups in total. The summed E-state index contributed by atoms with van der Waals surface area (Å²) in [6, 6.07) is 2.83. The second kappa shape index (κ2) is 7.86. The summed E-state index contributed by atoms with van der Waals surface area (Å²) in [5.74, 6) is 0.301. The minimum absolute atomic E-state index is 0.0330. The fourth-order valence-corrected chi connectivity index (χ4v) is 1.90. The Morgan fingerprint density at radius 1 is 1.44 bits per heavy atom. The van der Waals surface area contributed by atoms with E-state index in [1.165, 1.54) is 26.3 Å². The minimum atomic E-state index is -0.574. The van der Waals surface area contributed by atoms with Crippen LogP contribution in [0.2, 0.25) is 0 Å². The lowest BCUT2D eigenvalue weighted by Crippen LogP contribution is -2.15. The molecule has 1 heterocycles. The Hall–Kier alpha value is -3.50. The number of aromatic nitrogens is 3. The van der Waals surface area contributed by atoms with Crippen LogP contribution < -0.4 is 20.5 Å². The van der Waals surface area contributed by atoms with Gasteiger partial charge in [-0.05, 0) is 19.9 Å². The number of anilines is 1. The van der Waals surface area contributed by atoms with Gasteiger partial charge in [-0.15, -0.1) is 10.2 Å². The highest BCUT2D eigenvalue weighted by Gasteiger charge is 2.21. The summed E-state index contributed by atoms with van der Waals surface area (Å²) < 4.78 is 10.4. The van der Waals surface area contributed by atoms with Gasteiger partial charge in [-0.2, -0.15) is 5.10 Å². The fourth-order valence-electron chi connectivity index (χ4n) is 1.90.